The second kappa shape index (κ2) is 8.53. The van der Waals surface area contributed by atoms with Gasteiger partial charge in [-0.2, -0.15) is 0 Å². The van der Waals surface area contributed by atoms with Gasteiger partial charge in [0.15, 0.2) is 0 Å². The van der Waals surface area contributed by atoms with Gasteiger partial charge in [0.05, 0.1) is 0 Å². The lowest BCUT2D eigenvalue weighted by atomic mass is 10.2. The van der Waals surface area contributed by atoms with Gasteiger partial charge in [-0.15, -0.1) is 0 Å². The SMILES string of the molecule is CN(C)CCCNC(=O)c1cccc(NC(=O)OC(C)(C)C)c1. The Morgan fingerprint density at radius 3 is 2.52 bits per heavy atom. The Morgan fingerprint density at radius 2 is 1.91 bits per heavy atom. The molecule has 0 aliphatic carbocycles. The second-order valence-corrected chi connectivity index (χ2v) is 6.62. The van der Waals surface area contributed by atoms with Crippen molar-refractivity contribution in [1.29, 1.82) is 0 Å². The zero-order chi connectivity index (χ0) is 17.5. The summed E-state index contributed by atoms with van der Waals surface area (Å²) >= 11 is 0. The van der Waals surface area contributed by atoms with Gasteiger partial charge in [0.1, 0.15) is 5.60 Å². The Bertz CT molecular complexity index is 536. The van der Waals surface area contributed by atoms with E-state index in [0.29, 0.717) is 17.8 Å². The number of amides is 2. The van der Waals surface area contributed by atoms with E-state index in [1.54, 1.807) is 45.0 Å². The largest absolute Gasteiger partial charge is 0.444 e. The van der Waals surface area contributed by atoms with Crippen LogP contribution in [-0.2, 0) is 4.74 Å². The predicted molar refractivity (Wildman–Crippen MR) is 91.8 cm³/mol. The molecule has 1 aromatic carbocycles. The van der Waals surface area contributed by atoms with Crippen LogP contribution in [0.15, 0.2) is 24.3 Å². The van der Waals surface area contributed by atoms with E-state index in [1.807, 2.05) is 14.1 Å². The van der Waals surface area contributed by atoms with Crippen LogP contribution < -0.4 is 10.6 Å². The van der Waals surface area contributed by atoms with Gasteiger partial charge in [-0.25, -0.2) is 4.79 Å². The summed E-state index contributed by atoms with van der Waals surface area (Å²) in [5, 5.41) is 5.49. The Kier molecular flexibility index (Phi) is 7.03. The Morgan fingerprint density at radius 1 is 1.22 bits per heavy atom. The summed E-state index contributed by atoms with van der Waals surface area (Å²) in [6.07, 6.45) is 0.343. The summed E-state index contributed by atoms with van der Waals surface area (Å²) in [6, 6.07) is 6.78. The molecule has 0 saturated heterocycles. The van der Waals surface area contributed by atoms with Crippen molar-refractivity contribution in [3.8, 4) is 0 Å². The smallest absolute Gasteiger partial charge is 0.412 e. The number of hydrogen-bond donors (Lipinski definition) is 2. The lowest BCUT2D eigenvalue weighted by Gasteiger charge is -2.19. The Hall–Kier alpha value is -2.08. The van der Waals surface area contributed by atoms with Crippen LogP contribution in [0.3, 0.4) is 0 Å². The van der Waals surface area contributed by atoms with Crippen molar-refractivity contribution in [3.05, 3.63) is 29.8 Å². The van der Waals surface area contributed by atoms with Gasteiger partial charge in [0, 0.05) is 17.8 Å². The number of nitrogens with zero attached hydrogens (tertiary/aromatic N) is 1. The summed E-state index contributed by atoms with van der Waals surface area (Å²) in [5.74, 6) is -0.156. The highest BCUT2D eigenvalue weighted by Crippen LogP contribution is 2.13. The zero-order valence-corrected chi connectivity index (χ0v) is 14.6. The van der Waals surface area contributed by atoms with E-state index in [4.69, 9.17) is 4.74 Å². The molecule has 23 heavy (non-hydrogen) atoms. The van der Waals surface area contributed by atoms with Crippen LogP contribution in [-0.4, -0.2) is 49.7 Å². The van der Waals surface area contributed by atoms with Crippen LogP contribution in [0.4, 0.5) is 10.5 Å². The molecule has 0 aromatic heterocycles. The van der Waals surface area contributed by atoms with Crippen molar-refractivity contribution in [1.82, 2.24) is 10.2 Å². The van der Waals surface area contributed by atoms with Crippen molar-refractivity contribution in [2.75, 3.05) is 32.5 Å². The number of ether oxygens (including phenoxy) is 1. The molecule has 128 valence electrons. The van der Waals surface area contributed by atoms with Crippen LogP contribution in [0.5, 0.6) is 0 Å². The molecular weight excluding hydrogens is 294 g/mol. The van der Waals surface area contributed by atoms with Gasteiger partial charge in [0.2, 0.25) is 0 Å². The second-order valence-electron chi connectivity index (χ2n) is 6.62. The highest BCUT2D eigenvalue weighted by molar-refractivity contribution is 5.96. The average Bonchev–Trinajstić information content (AvgIpc) is 2.41. The molecule has 0 heterocycles. The Labute approximate surface area is 138 Å². The molecule has 0 unspecified atom stereocenters. The fourth-order valence-electron chi connectivity index (χ4n) is 1.86. The zero-order valence-electron chi connectivity index (χ0n) is 14.6. The Balaban J connectivity index is 2.55. The summed E-state index contributed by atoms with van der Waals surface area (Å²) in [7, 11) is 3.99. The molecule has 0 atom stereocenters. The third-order valence-corrected chi connectivity index (χ3v) is 2.84. The van der Waals surface area contributed by atoms with Gasteiger partial charge in [-0.1, -0.05) is 6.07 Å². The van der Waals surface area contributed by atoms with Crippen LogP contribution >= 0.6 is 0 Å². The molecule has 0 radical (unpaired) electrons. The number of carbonyl (C=O) groups is 2. The summed E-state index contributed by atoms with van der Waals surface area (Å²) in [5.41, 5.74) is 0.467. The van der Waals surface area contributed by atoms with Crippen molar-refractivity contribution >= 4 is 17.7 Å². The van der Waals surface area contributed by atoms with Crippen molar-refractivity contribution in [3.63, 3.8) is 0 Å². The fourth-order valence-corrected chi connectivity index (χ4v) is 1.86. The molecule has 1 aromatic rings. The van der Waals surface area contributed by atoms with Crippen LogP contribution in [0, 0.1) is 0 Å². The van der Waals surface area contributed by atoms with E-state index in [1.165, 1.54) is 0 Å². The number of anilines is 1. The van der Waals surface area contributed by atoms with Crippen molar-refractivity contribution < 1.29 is 14.3 Å². The quantitative estimate of drug-likeness (QED) is 0.790. The lowest BCUT2D eigenvalue weighted by Crippen LogP contribution is -2.28. The third-order valence-electron chi connectivity index (χ3n) is 2.84. The minimum Gasteiger partial charge on any atom is -0.444 e. The van der Waals surface area contributed by atoms with Gasteiger partial charge in [-0.05, 0) is 66.0 Å². The molecule has 6 heteroatoms. The summed E-state index contributed by atoms with van der Waals surface area (Å²) in [4.78, 5) is 25.9. The molecule has 0 bridgehead atoms. The monoisotopic (exact) mass is 321 g/mol. The minimum atomic E-state index is -0.564. The molecule has 2 N–H and O–H groups in total. The first-order valence-electron chi connectivity index (χ1n) is 7.70. The number of carbonyl (C=O) groups excluding carboxylic acids is 2. The van der Waals surface area contributed by atoms with Gasteiger partial charge in [0.25, 0.3) is 5.91 Å². The number of benzene rings is 1. The standard InChI is InChI=1S/C17H27N3O3/c1-17(2,3)23-16(22)19-14-9-6-8-13(12-14)15(21)18-10-7-11-20(4)5/h6,8-9,12H,7,10-11H2,1-5H3,(H,18,21)(H,19,22). The first-order valence-corrected chi connectivity index (χ1v) is 7.70. The first kappa shape index (κ1) is 19.0. The van der Waals surface area contributed by atoms with Crippen LogP contribution in [0.25, 0.3) is 0 Å². The highest BCUT2D eigenvalue weighted by Gasteiger charge is 2.16. The van der Waals surface area contributed by atoms with Crippen LogP contribution in [0.1, 0.15) is 37.6 Å². The van der Waals surface area contributed by atoms with E-state index in [-0.39, 0.29) is 5.91 Å². The average molecular weight is 321 g/mol. The van der Waals surface area contributed by atoms with Gasteiger partial charge >= 0.3 is 6.09 Å². The fraction of sp³-hybridized carbons (Fsp3) is 0.529. The third kappa shape index (κ3) is 8.21. The normalized spacial score (nSPS) is 11.2. The van der Waals surface area contributed by atoms with Crippen molar-refractivity contribution in [2.24, 2.45) is 0 Å². The summed E-state index contributed by atoms with van der Waals surface area (Å²) in [6.45, 7) is 6.92. The maximum absolute atomic E-state index is 12.1. The predicted octanol–water partition coefficient (Wildman–Crippen LogP) is 2.72. The molecule has 0 saturated carbocycles. The van der Waals surface area contributed by atoms with E-state index in [2.05, 4.69) is 15.5 Å². The molecule has 6 nitrogen and oxygen atoms in total. The van der Waals surface area contributed by atoms with E-state index in [0.717, 1.165) is 13.0 Å². The maximum atomic E-state index is 12.1. The molecule has 0 aliphatic rings. The molecular formula is C17H27N3O3. The topological polar surface area (TPSA) is 70.7 Å². The molecule has 0 spiro atoms. The van der Waals surface area contributed by atoms with E-state index < -0.39 is 11.7 Å². The molecule has 1 rings (SSSR count). The van der Waals surface area contributed by atoms with Gasteiger partial charge < -0.3 is 15.0 Å². The van der Waals surface area contributed by atoms with Crippen LogP contribution in [0.2, 0.25) is 0 Å². The molecule has 2 amide bonds. The maximum Gasteiger partial charge on any atom is 0.412 e. The minimum absolute atomic E-state index is 0.156. The van der Waals surface area contributed by atoms with E-state index in [9.17, 15) is 9.59 Å². The van der Waals surface area contributed by atoms with Crippen molar-refractivity contribution in [2.45, 2.75) is 32.8 Å². The molecule has 0 aliphatic heterocycles. The number of hydrogen-bond acceptors (Lipinski definition) is 4. The first-order chi connectivity index (χ1) is 10.7. The highest BCUT2D eigenvalue weighted by atomic mass is 16.6. The number of nitrogens with one attached hydrogen (secondary N) is 2. The summed E-state index contributed by atoms with van der Waals surface area (Å²) < 4.78 is 5.19. The lowest BCUT2D eigenvalue weighted by molar-refractivity contribution is 0.0635. The van der Waals surface area contributed by atoms with Gasteiger partial charge in [-0.3, -0.25) is 10.1 Å². The number of rotatable bonds is 6. The van der Waals surface area contributed by atoms with E-state index >= 15 is 0 Å². The molecule has 0 fully saturated rings.